The molecular formula is C22H27NS. The molecule has 0 aliphatic carbocycles. The van der Waals surface area contributed by atoms with Gasteiger partial charge in [0.2, 0.25) is 0 Å². The lowest BCUT2D eigenvalue weighted by Crippen LogP contribution is -2.22. The molecule has 0 aliphatic heterocycles. The number of fused-ring (bicyclic) bond motifs is 1. The average Bonchev–Trinajstić information content (AvgIpc) is 2.97. The maximum absolute atomic E-state index is 2.51. The number of rotatable bonds is 5. The largest absolute Gasteiger partial charge is 0.295 e. The van der Waals surface area contributed by atoms with Gasteiger partial charge in [0.25, 0.3) is 0 Å². The minimum Gasteiger partial charge on any atom is -0.295 e. The van der Waals surface area contributed by atoms with Crippen molar-refractivity contribution in [1.29, 1.82) is 0 Å². The third-order valence-corrected chi connectivity index (χ3v) is 5.64. The monoisotopic (exact) mass is 337 g/mol. The summed E-state index contributed by atoms with van der Waals surface area (Å²) in [6.45, 7) is 12.1. The van der Waals surface area contributed by atoms with Crippen molar-refractivity contribution < 1.29 is 0 Å². The third-order valence-electron chi connectivity index (χ3n) is 4.63. The van der Waals surface area contributed by atoms with Gasteiger partial charge in [-0.3, -0.25) is 4.90 Å². The van der Waals surface area contributed by atoms with Gasteiger partial charge < -0.3 is 0 Å². The molecule has 0 amide bonds. The van der Waals surface area contributed by atoms with E-state index in [2.05, 4.69) is 86.5 Å². The summed E-state index contributed by atoms with van der Waals surface area (Å²) in [7, 11) is 0. The first kappa shape index (κ1) is 17.2. The van der Waals surface area contributed by atoms with Gasteiger partial charge >= 0.3 is 0 Å². The molecule has 1 aromatic heterocycles. The summed E-state index contributed by atoms with van der Waals surface area (Å²) in [5, 5.41) is 3.72. The Labute approximate surface area is 149 Å². The molecule has 0 saturated carbocycles. The summed E-state index contributed by atoms with van der Waals surface area (Å²) in [5.74, 6) is 0. The van der Waals surface area contributed by atoms with Crippen LogP contribution < -0.4 is 0 Å². The first-order valence-corrected chi connectivity index (χ1v) is 9.62. The first-order chi connectivity index (χ1) is 11.5. The van der Waals surface area contributed by atoms with Gasteiger partial charge in [-0.15, -0.1) is 11.3 Å². The summed E-state index contributed by atoms with van der Waals surface area (Å²) in [6.07, 6.45) is 0. The Kier molecular flexibility index (Phi) is 5.07. The predicted molar refractivity (Wildman–Crippen MR) is 107 cm³/mol. The van der Waals surface area contributed by atoms with Crippen molar-refractivity contribution in [3.63, 3.8) is 0 Å². The zero-order valence-electron chi connectivity index (χ0n) is 15.2. The van der Waals surface area contributed by atoms with Gasteiger partial charge in [-0.25, -0.2) is 0 Å². The second-order valence-electron chi connectivity index (χ2n) is 7.51. The van der Waals surface area contributed by atoms with Crippen LogP contribution >= 0.6 is 11.3 Å². The molecule has 0 spiro atoms. The normalized spacial score (nSPS) is 12.2. The van der Waals surface area contributed by atoms with Crippen LogP contribution in [0.25, 0.3) is 10.1 Å². The molecular weight excluding hydrogens is 310 g/mol. The number of nitrogens with zero attached hydrogens (tertiary/aromatic N) is 1. The Balaban J connectivity index is 1.73. The Morgan fingerprint density at radius 3 is 2.29 bits per heavy atom. The highest BCUT2D eigenvalue weighted by Crippen LogP contribution is 2.27. The van der Waals surface area contributed by atoms with Gasteiger partial charge in [-0.1, -0.05) is 70.2 Å². The van der Waals surface area contributed by atoms with Crippen LogP contribution in [0.15, 0.2) is 53.9 Å². The minimum atomic E-state index is 0.221. The summed E-state index contributed by atoms with van der Waals surface area (Å²) in [5.41, 5.74) is 4.46. The van der Waals surface area contributed by atoms with E-state index in [1.807, 2.05) is 11.3 Å². The van der Waals surface area contributed by atoms with Gasteiger partial charge in [0.15, 0.2) is 0 Å². The molecule has 3 aromatic rings. The molecule has 1 nitrogen and oxygen atoms in total. The molecule has 126 valence electrons. The fourth-order valence-corrected chi connectivity index (χ4v) is 4.00. The molecule has 0 fully saturated rings. The van der Waals surface area contributed by atoms with Crippen LogP contribution in [0.2, 0.25) is 0 Å². The van der Waals surface area contributed by atoms with Crippen molar-refractivity contribution in [2.75, 3.05) is 6.54 Å². The van der Waals surface area contributed by atoms with Crippen molar-refractivity contribution in [3.8, 4) is 0 Å². The summed E-state index contributed by atoms with van der Waals surface area (Å²) < 4.78 is 1.39. The predicted octanol–water partition coefficient (Wildman–Crippen LogP) is 6.22. The maximum Gasteiger partial charge on any atom is 0.0346 e. The van der Waals surface area contributed by atoms with E-state index in [1.54, 1.807) is 0 Å². The molecule has 3 rings (SSSR count). The topological polar surface area (TPSA) is 3.24 Å². The lowest BCUT2D eigenvalue weighted by Gasteiger charge is -2.22. The molecule has 0 radical (unpaired) electrons. The Hall–Kier alpha value is -1.64. The first-order valence-electron chi connectivity index (χ1n) is 8.74. The third kappa shape index (κ3) is 3.88. The summed E-state index contributed by atoms with van der Waals surface area (Å²) >= 11 is 1.85. The van der Waals surface area contributed by atoms with E-state index in [4.69, 9.17) is 0 Å². The van der Waals surface area contributed by atoms with E-state index in [0.717, 1.165) is 19.6 Å². The van der Waals surface area contributed by atoms with Crippen LogP contribution in [0.4, 0.5) is 0 Å². The van der Waals surface area contributed by atoms with Crippen LogP contribution in [-0.2, 0) is 18.5 Å². The van der Waals surface area contributed by atoms with Gasteiger partial charge in [-0.2, -0.15) is 0 Å². The second-order valence-corrected chi connectivity index (χ2v) is 8.42. The van der Waals surface area contributed by atoms with E-state index >= 15 is 0 Å². The Morgan fingerprint density at radius 1 is 0.917 bits per heavy atom. The molecule has 0 bridgehead atoms. The number of thiophene rings is 1. The van der Waals surface area contributed by atoms with Gasteiger partial charge in [-0.05, 0) is 45.5 Å². The second kappa shape index (κ2) is 7.08. The van der Waals surface area contributed by atoms with Gasteiger partial charge in [0, 0.05) is 17.8 Å². The minimum absolute atomic E-state index is 0.221. The molecule has 2 heteroatoms. The molecule has 0 unspecified atom stereocenters. The highest BCUT2D eigenvalue weighted by atomic mass is 32.1. The van der Waals surface area contributed by atoms with Crippen molar-refractivity contribution in [3.05, 3.63) is 70.6 Å². The zero-order chi connectivity index (χ0) is 17.2. The van der Waals surface area contributed by atoms with Crippen molar-refractivity contribution in [2.24, 2.45) is 0 Å². The number of hydrogen-bond acceptors (Lipinski definition) is 2. The SMILES string of the molecule is CCN(Cc1ccc(C(C)(C)C)cc1)Cc1csc2ccccc12. The zero-order valence-corrected chi connectivity index (χ0v) is 16.0. The van der Waals surface area contributed by atoms with Gasteiger partial charge in [0.05, 0.1) is 0 Å². The number of benzene rings is 2. The van der Waals surface area contributed by atoms with Crippen LogP contribution in [0.3, 0.4) is 0 Å². The van der Waals surface area contributed by atoms with Crippen LogP contribution in [0.5, 0.6) is 0 Å². The molecule has 0 saturated heterocycles. The van der Waals surface area contributed by atoms with Crippen molar-refractivity contribution in [1.82, 2.24) is 4.90 Å². The van der Waals surface area contributed by atoms with Crippen LogP contribution in [0, 0.1) is 0 Å². The van der Waals surface area contributed by atoms with E-state index in [-0.39, 0.29) is 5.41 Å². The summed E-state index contributed by atoms with van der Waals surface area (Å²) in [4.78, 5) is 2.51. The fourth-order valence-electron chi connectivity index (χ4n) is 3.04. The lowest BCUT2D eigenvalue weighted by molar-refractivity contribution is 0.272. The smallest absolute Gasteiger partial charge is 0.0346 e. The standard InChI is InChI=1S/C22H27NS/c1-5-23(14-17-10-12-19(13-11-17)22(2,3)4)15-18-16-24-21-9-7-6-8-20(18)21/h6-13,16H,5,14-15H2,1-4H3. The molecule has 1 heterocycles. The van der Waals surface area contributed by atoms with Crippen LogP contribution in [0.1, 0.15) is 44.4 Å². The molecule has 0 aliphatic rings. The van der Waals surface area contributed by atoms with Crippen molar-refractivity contribution >= 4 is 21.4 Å². The average molecular weight is 338 g/mol. The van der Waals surface area contributed by atoms with E-state index in [9.17, 15) is 0 Å². The Morgan fingerprint density at radius 2 is 1.62 bits per heavy atom. The van der Waals surface area contributed by atoms with E-state index in [1.165, 1.54) is 26.8 Å². The quantitative estimate of drug-likeness (QED) is 0.534. The highest BCUT2D eigenvalue weighted by molar-refractivity contribution is 7.17. The van der Waals surface area contributed by atoms with E-state index < -0.39 is 0 Å². The highest BCUT2D eigenvalue weighted by Gasteiger charge is 2.14. The van der Waals surface area contributed by atoms with E-state index in [0.29, 0.717) is 0 Å². The fraction of sp³-hybridized carbons (Fsp3) is 0.364. The van der Waals surface area contributed by atoms with Crippen molar-refractivity contribution in [2.45, 2.75) is 46.2 Å². The molecule has 0 N–H and O–H groups in total. The maximum atomic E-state index is 2.51. The molecule has 24 heavy (non-hydrogen) atoms. The molecule has 2 aromatic carbocycles. The van der Waals surface area contributed by atoms with Crippen LogP contribution in [-0.4, -0.2) is 11.4 Å². The number of hydrogen-bond donors (Lipinski definition) is 0. The molecule has 0 atom stereocenters. The van der Waals surface area contributed by atoms with Gasteiger partial charge in [0.1, 0.15) is 0 Å². The lowest BCUT2D eigenvalue weighted by atomic mass is 9.87. The Bertz CT molecular complexity index is 793. The summed E-state index contributed by atoms with van der Waals surface area (Å²) in [6, 6.07) is 17.9.